The Bertz CT molecular complexity index is 370. The topological polar surface area (TPSA) is 27.0 Å². The number of hydrogen-bond acceptors (Lipinski definition) is 2. The van der Waals surface area contributed by atoms with Crippen LogP contribution in [0.1, 0.15) is 31.9 Å². The van der Waals surface area contributed by atoms with Crippen LogP contribution in [0.2, 0.25) is 0 Å². The molecule has 16 heavy (non-hydrogen) atoms. The minimum absolute atomic E-state index is 0.273. The molecule has 0 aliphatic heterocycles. The highest BCUT2D eigenvalue weighted by Gasteiger charge is 2.16. The number of nitrogens with zero attached hydrogens (tertiary/aromatic N) is 2. The smallest absolute Gasteiger partial charge is 0.0870 e. The standard InChI is InChI=1S/C13H17BrN2/c1-3-9-16(10-8-15)11(2)12-6-4-5-7-13(12)14/h4-7,11H,3,9-10H2,1-2H3. The second-order valence-electron chi connectivity index (χ2n) is 3.83. The van der Waals surface area contributed by atoms with Crippen molar-refractivity contribution in [3.05, 3.63) is 34.3 Å². The predicted molar refractivity (Wildman–Crippen MR) is 70.0 cm³/mol. The summed E-state index contributed by atoms with van der Waals surface area (Å²) in [4.78, 5) is 2.19. The minimum Gasteiger partial charge on any atom is -0.284 e. The molecule has 3 heteroatoms. The minimum atomic E-state index is 0.273. The molecule has 0 aromatic heterocycles. The summed E-state index contributed by atoms with van der Waals surface area (Å²) < 4.78 is 1.11. The molecule has 1 atom stereocenters. The van der Waals surface area contributed by atoms with Crippen molar-refractivity contribution in [1.29, 1.82) is 5.26 Å². The third-order valence-electron chi connectivity index (χ3n) is 2.69. The van der Waals surface area contributed by atoms with Crippen molar-refractivity contribution in [2.75, 3.05) is 13.1 Å². The van der Waals surface area contributed by atoms with E-state index in [1.54, 1.807) is 0 Å². The lowest BCUT2D eigenvalue weighted by Gasteiger charge is -2.27. The van der Waals surface area contributed by atoms with E-state index in [1.807, 2.05) is 18.2 Å². The first-order valence-electron chi connectivity index (χ1n) is 5.56. The average molecular weight is 281 g/mol. The molecule has 0 aliphatic rings. The van der Waals surface area contributed by atoms with Crippen molar-refractivity contribution in [3.63, 3.8) is 0 Å². The largest absolute Gasteiger partial charge is 0.284 e. The summed E-state index contributed by atoms with van der Waals surface area (Å²) >= 11 is 3.56. The lowest BCUT2D eigenvalue weighted by atomic mass is 10.1. The van der Waals surface area contributed by atoms with Crippen LogP contribution in [-0.2, 0) is 0 Å². The fourth-order valence-electron chi connectivity index (χ4n) is 1.80. The highest BCUT2D eigenvalue weighted by molar-refractivity contribution is 9.10. The fourth-order valence-corrected chi connectivity index (χ4v) is 2.41. The first-order chi connectivity index (χ1) is 7.70. The molecule has 1 unspecified atom stereocenters. The first-order valence-corrected chi connectivity index (χ1v) is 6.35. The maximum atomic E-state index is 8.83. The Morgan fingerprint density at radius 3 is 2.69 bits per heavy atom. The Kier molecular flexibility index (Phi) is 5.51. The van der Waals surface area contributed by atoms with Gasteiger partial charge in [0.1, 0.15) is 0 Å². The first kappa shape index (κ1) is 13.2. The highest BCUT2D eigenvalue weighted by atomic mass is 79.9. The maximum absolute atomic E-state index is 8.83. The third kappa shape index (κ3) is 3.33. The van der Waals surface area contributed by atoms with Crippen LogP contribution < -0.4 is 0 Å². The molecule has 86 valence electrons. The van der Waals surface area contributed by atoms with Gasteiger partial charge < -0.3 is 0 Å². The zero-order valence-corrected chi connectivity index (χ0v) is 11.4. The van der Waals surface area contributed by atoms with Gasteiger partial charge >= 0.3 is 0 Å². The van der Waals surface area contributed by atoms with Gasteiger partial charge in [-0.1, -0.05) is 41.1 Å². The van der Waals surface area contributed by atoms with Crippen LogP contribution in [0.3, 0.4) is 0 Å². The molecule has 0 bridgehead atoms. The van der Waals surface area contributed by atoms with Crippen LogP contribution in [-0.4, -0.2) is 18.0 Å². The number of halogens is 1. The number of rotatable bonds is 5. The fraction of sp³-hybridized carbons (Fsp3) is 0.462. The molecule has 0 spiro atoms. The summed E-state index contributed by atoms with van der Waals surface area (Å²) in [5, 5.41) is 8.83. The number of benzene rings is 1. The Labute approximate surface area is 106 Å². The third-order valence-corrected chi connectivity index (χ3v) is 3.41. The van der Waals surface area contributed by atoms with Crippen molar-refractivity contribution >= 4 is 15.9 Å². The summed E-state index contributed by atoms with van der Waals surface area (Å²) in [5.74, 6) is 0. The monoisotopic (exact) mass is 280 g/mol. The molecule has 0 fully saturated rings. The Balaban J connectivity index is 2.86. The lowest BCUT2D eigenvalue weighted by molar-refractivity contribution is 0.236. The van der Waals surface area contributed by atoms with Crippen LogP contribution in [0.15, 0.2) is 28.7 Å². The molecule has 0 heterocycles. The van der Waals surface area contributed by atoms with Gasteiger partial charge in [0.05, 0.1) is 12.6 Å². The summed E-state index contributed by atoms with van der Waals surface area (Å²) in [5.41, 5.74) is 1.24. The summed E-state index contributed by atoms with van der Waals surface area (Å²) in [6, 6.07) is 10.7. The van der Waals surface area contributed by atoms with Gasteiger partial charge in [-0.25, -0.2) is 0 Å². The van der Waals surface area contributed by atoms with Gasteiger partial charge in [-0.05, 0) is 31.5 Å². The molecular formula is C13H17BrN2. The van der Waals surface area contributed by atoms with Gasteiger partial charge in [-0.3, -0.25) is 4.90 Å². The van der Waals surface area contributed by atoms with Crippen LogP contribution in [0.4, 0.5) is 0 Å². The molecule has 0 saturated heterocycles. The number of nitriles is 1. The second-order valence-corrected chi connectivity index (χ2v) is 4.68. The van der Waals surface area contributed by atoms with Gasteiger partial charge in [0.2, 0.25) is 0 Å². The van der Waals surface area contributed by atoms with E-state index in [4.69, 9.17) is 5.26 Å². The summed E-state index contributed by atoms with van der Waals surface area (Å²) in [6.07, 6.45) is 1.07. The molecule has 0 N–H and O–H groups in total. The van der Waals surface area contributed by atoms with Crippen LogP contribution in [0.25, 0.3) is 0 Å². The zero-order chi connectivity index (χ0) is 12.0. The molecule has 1 aromatic carbocycles. The Morgan fingerprint density at radius 2 is 2.12 bits per heavy atom. The van der Waals surface area contributed by atoms with E-state index in [9.17, 15) is 0 Å². The molecule has 2 nitrogen and oxygen atoms in total. The van der Waals surface area contributed by atoms with E-state index in [0.717, 1.165) is 17.4 Å². The molecule has 0 saturated carbocycles. The van der Waals surface area contributed by atoms with E-state index in [0.29, 0.717) is 6.54 Å². The van der Waals surface area contributed by atoms with Gasteiger partial charge in [0.15, 0.2) is 0 Å². The van der Waals surface area contributed by atoms with Crippen molar-refractivity contribution in [2.45, 2.75) is 26.3 Å². The molecule has 1 aromatic rings. The second kappa shape index (κ2) is 6.67. The number of hydrogen-bond donors (Lipinski definition) is 0. The highest BCUT2D eigenvalue weighted by Crippen LogP contribution is 2.27. The van der Waals surface area contributed by atoms with Crippen molar-refractivity contribution in [2.24, 2.45) is 0 Å². The Hall–Kier alpha value is -0.850. The van der Waals surface area contributed by atoms with Crippen molar-refractivity contribution in [3.8, 4) is 6.07 Å². The van der Waals surface area contributed by atoms with Crippen LogP contribution >= 0.6 is 15.9 Å². The van der Waals surface area contributed by atoms with E-state index in [2.05, 4.69) is 46.8 Å². The normalized spacial score (nSPS) is 12.4. The quantitative estimate of drug-likeness (QED) is 0.769. The summed E-state index contributed by atoms with van der Waals surface area (Å²) in [6.45, 7) is 5.72. The maximum Gasteiger partial charge on any atom is 0.0870 e. The predicted octanol–water partition coefficient (Wildman–Crippen LogP) is 3.75. The lowest BCUT2D eigenvalue weighted by Crippen LogP contribution is -2.28. The Morgan fingerprint density at radius 1 is 1.44 bits per heavy atom. The van der Waals surface area contributed by atoms with Gasteiger partial charge in [-0.2, -0.15) is 5.26 Å². The molecule has 0 aliphatic carbocycles. The molecule has 0 amide bonds. The van der Waals surface area contributed by atoms with Gasteiger partial charge in [-0.15, -0.1) is 0 Å². The van der Waals surface area contributed by atoms with Crippen molar-refractivity contribution in [1.82, 2.24) is 4.90 Å². The van der Waals surface area contributed by atoms with Gasteiger partial charge in [0, 0.05) is 10.5 Å². The molecule has 1 rings (SSSR count). The average Bonchev–Trinajstić information content (AvgIpc) is 2.28. The van der Waals surface area contributed by atoms with Crippen LogP contribution in [0.5, 0.6) is 0 Å². The molecule has 0 radical (unpaired) electrons. The van der Waals surface area contributed by atoms with Crippen molar-refractivity contribution < 1.29 is 0 Å². The van der Waals surface area contributed by atoms with E-state index < -0.39 is 0 Å². The SMILES string of the molecule is CCCN(CC#N)C(C)c1ccccc1Br. The molecular weight excluding hydrogens is 264 g/mol. The van der Waals surface area contributed by atoms with E-state index >= 15 is 0 Å². The zero-order valence-electron chi connectivity index (χ0n) is 9.78. The van der Waals surface area contributed by atoms with Gasteiger partial charge in [0.25, 0.3) is 0 Å². The van der Waals surface area contributed by atoms with E-state index in [1.165, 1.54) is 5.56 Å². The summed E-state index contributed by atoms with van der Waals surface area (Å²) in [7, 11) is 0. The van der Waals surface area contributed by atoms with Crippen LogP contribution in [0, 0.1) is 11.3 Å². The van der Waals surface area contributed by atoms with E-state index in [-0.39, 0.29) is 6.04 Å².